The SMILES string of the molecule is Cc1ccc(C(C)(F)F)c(C2(C(=O)O)CCCC2)c1. The number of rotatable bonds is 3. The van der Waals surface area contributed by atoms with Gasteiger partial charge in [-0.2, -0.15) is 0 Å². The molecule has 0 unspecified atom stereocenters. The van der Waals surface area contributed by atoms with Crippen molar-refractivity contribution in [3.05, 3.63) is 34.9 Å². The van der Waals surface area contributed by atoms with Crippen LogP contribution in [0.3, 0.4) is 0 Å². The predicted molar refractivity (Wildman–Crippen MR) is 68.5 cm³/mol. The standard InChI is InChI=1S/C15H18F2O2/c1-10-5-6-11(14(2,16)17)12(9-10)15(13(18)19)7-3-4-8-15/h5-6,9H,3-4,7-8H2,1-2H3,(H,18,19). The molecule has 19 heavy (non-hydrogen) atoms. The first-order chi connectivity index (χ1) is 8.77. The van der Waals surface area contributed by atoms with E-state index in [9.17, 15) is 18.7 Å². The van der Waals surface area contributed by atoms with Crippen LogP contribution in [-0.2, 0) is 16.1 Å². The predicted octanol–water partition coefficient (Wildman–Crippen LogP) is 4.00. The summed E-state index contributed by atoms with van der Waals surface area (Å²) in [5.41, 5.74) is -0.177. The third kappa shape index (κ3) is 2.36. The Bertz CT molecular complexity index is 497. The van der Waals surface area contributed by atoms with Crippen molar-refractivity contribution in [2.75, 3.05) is 0 Å². The normalized spacial score (nSPS) is 18.5. The molecule has 4 heteroatoms. The van der Waals surface area contributed by atoms with Crippen molar-refractivity contribution in [1.29, 1.82) is 0 Å². The Kier molecular flexibility index (Phi) is 3.37. The Morgan fingerprint density at radius 1 is 1.32 bits per heavy atom. The summed E-state index contributed by atoms with van der Waals surface area (Å²) in [6, 6.07) is 4.60. The first-order valence-corrected chi connectivity index (χ1v) is 6.50. The van der Waals surface area contributed by atoms with E-state index in [2.05, 4.69) is 0 Å². The van der Waals surface area contributed by atoms with Crippen LogP contribution in [0, 0.1) is 6.92 Å². The Labute approximate surface area is 111 Å². The molecule has 0 amide bonds. The third-order valence-corrected chi connectivity index (χ3v) is 4.03. The van der Waals surface area contributed by atoms with Gasteiger partial charge in [-0.15, -0.1) is 0 Å². The number of halogens is 2. The molecule has 0 heterocycles. The molecule has 1 saturated carbocycles. The quantitative estimate of drug-likeness (QED) is 0.899. The summed E-state index contributed by atoms with van der Waals surface area (Å²) < 4.78 is 27.5. The summed E-state index contributed by atoms with van der Waals surface area (Å²) in [7, 11) is 0. The van der Waals surface area contributed by atoms with E-state index >= 15 is 0 Å². The van der Waals surface area contributed by atoms with Gasteiger partial charge in [-0.25, -0.2) is 8.78 Å². The van der Waals surface area contributed by atoms with Crippen LogP contribution < -0.4 is 0 Å². The summed E-state index contributed by atoms with van der Waals surface area (Å²) in [6.07, 6.45) is 2.42. The Morgan fingerprint density at radius 2 is 1.89 bits per heavy atom. The molecule has 0 aromatic heterocycles. The lowest BCUT2D eigenvalue weighted by atomic mass is 9.75. The summed E-state index contributed by atoms with van der Waals surface area (Å²) in [6.45, 7) is 2.62. The summed E-state index contributed by atoms with van der Waals surface area (Å²) in [4.78, 5) is 11.7. The molecule has 1 N–H and O–H groups in total. The molecule has 1 aliphatic rings. The van der Waals surface area contributed by atoms with Gasteiger partial charge in [0.25, 0.3) is 5.92 Å². The zero-order chi connectivity index (χ0) is 14.3. The minimum Gasteiger partial charge on any atom is -0.481 e. The second-order valence-electron chi connectivity index (χ2n) is 5.53. The van der Waals surface area contributed by atoms with Crippen molar-refractivity contribution in [1.82, 2.24) is 0 Å². The Hall–Kier alpha value is -1.45. The molecule has 1 fully saturated rings. The third-order valence-electron chi connectivity index (χ3n) is 4.03. The fourth-order valence-corrected chi connectivity index (χ4v) is 3.01. The first-order valence-electron chi connectivity index (χ1n) is 6.50. The minimum atomic E-state index is -3.02. The molecule has 0 spiro atoms. The highest BCUT2D eigenvalue weighted by Crippen LogP contribution is 2.46. The van der Waals surface area contributed by atoms with Crippen molar-refractivity contribution in [2.24, 2.45) is 0 Å². The Morgan fingerprint density at radius 3 is 2.37 bits per heavy atom. The van der Waals surface area contributed by atoms with E-state index in [1.54, 1.807) is 19.1 Å². The van der Waals surface area contributed by atoms with Gasteiger partial charge in [-0.05, 0) is 25.3 Å². The highest BCUT2D eigenvalue weighted by atomic mass is 19.3. The lowest BCUT2D eigenvalue weighted by Gasteiger charge is -2.29. The van der Waals surface area contributed by atoms with E-state index < -0.39 is 17.3 Å². The van der Waals surface area contributed by atoms with Crippen molar-refractivity contribution in [3.8, 4) is 0 Å². The van der Waals surface area contributed by atoms with E-state index in [0.29, 0.717) is 18.4 Å². The smallest absolute Gasteiger partial charge is 0.314 e. The second kappa shape index (κ2) is 4.58. The van der Waals surface area contributed by atoms with E-state index in [1.807, 2.05) is 0 Å². The summed E-state index contributed by atoms with van der Waals surface area (Å²) in [5, 5.41) is 9.55. The maximum atomic E-state index is 13.7. The molecule has 0 radical (unpaired) electrons. The van der Waals surface area contributed by atoms with Crippen molar-refractivity contribution >= 4 is 5.97 Å². The average molecular weight is 268 g/mol. The number of carboxylic acids is 1. The van der Waals surface area contributed by atoms with Crippen LogP contribution in [-0.4, -0.2) is 11.1 Å². The molecule has 0 saturated heterocycles. The number of aryl methyl sites for hydroxylation is 1. The molecule has 1 aliphatic carbocycles. The molecule has 0 atom stereocenters. The first kappa shape index (κ1) is 14.0. The molecule has 104 valence electrons. The van der Waals surface area contributed by atoms with Gasteiger partial charge in [0.15, 0.2) is 0 Å². The fraction of sp³-hybridized carbons (Fsp3) is 0.533. The number of benzene rings is 1. The highest BCUT2D eigenvalue weighted by molar-refractivity contribution is 5.82. The van der Waals surface area contributed by atoms with Crippen LogP contribution in [0.4, 0.5) is 8.78 Å². The average Bonchev–Trinajstić information content (AvgIpc) is 2.77. The van der Waals surface area contributed by atoms with Gasteiger partial charge in [-0.1, -0.05) is 36.6 Å². The molecular weight excluding hydrogens is 250 g/mol. The van der Waals surface area contributed by atoms with E-state index in [1.165, 1.54) is 6.07 Å². The number of aliphatic carboxylic acids is 1. The van der Waals surface area contributed by atoms with Crippen LogP contribution in [0.5, 0.6) is 0 Å². The second-order valence-corrected chi connectivity index (χ2v) is 5.53. The van der Waals surface area contributed by atoms with Gasteiger partial charge < -0.3 is 5.11 Å². The molecule has 2 rings (SSSR count). The lowest BCUT2D eigenvalue weighted by molar-refractivity contribution is -0.143. The molecule has 1 aromatic carbocycles. The number of hydrogen-bond acceptors (Lipinski definition) is 1. The van der Waals surface area contributed by atoms with Crippen molar-refractivity contribution in [2.45, 2.75) is 50.9 Å². The van der Waals surface area contributed by atoms with Crippen LogP contribution in [0.15, 0.2) is 18.2 Å². The van der Waals surface area contributed by atoms with Gasteiger partial charge in [0.1, 0.15) is 0 Å². The topological polar surface area (TPSA) is 37.3 Å². The zero-order valence-electron chi connectivity index (χ0n) is 11.2. The summed E-state index contributed by atoms with van der Waals surface area (Å²) >= 11 is 0. The molecule has 2 nitrogen and oxygen atoms in total. The van der Waals surface area contributed by atoms with Crippen LogP contribution >= 0.6 is 0 Å². The van der Waals surface area contributed by atoms with E-state index in [0.717, 1.165) is 25.3 Å². The van der Waals surface area contributed by atoms with Gasteiger partial charge in [0.2, 0.25) is 0 Å². The lowest BCUT2D eigenvalue weighted by Crippen LogP contribution is -2.35. The zero-order valence-corrected chi connectivity index (χ0v) is 11.2. The maximum Gasteiger partial charge on any atom is 0.314 e. The van der Waals surface area contributed by atoms with Gasteiger partial charge in [0.05, 0.1) is 5.41 Å². The van der Waals surface area contributed by atoms with E-state index in [-0.39, 0.29) is 5.56 Å². The number of carbonyl (C=O) groups is 1. The van der Waals surface area contributed by atoms with Crippen molar-refractivity contribution in [3.63, 3.8) is 0 Å². The number of alkyl halides is 2. The van der Waals surface area contributed by atoms with Crippen LogP contribution in [0.25, 0.3) is 0 Å². The minimum absolute atomic E-state index is 0.151. The van der Waals surface area contributed by atoms with Crippen LogP contribution in [0.1, 0.15) is 49.3 Å². The van der Waals surface area contributed by atoms with Crippen LogP contribution in [0.2, 0.25) is 0 Å². The van der Waals surface area contributed by atoms with Gasteiger partial charge in [-0.3, -0.25) is 4.79 Å². The van der Waals surface area contributed by atoms with Crippen molar-refractivity contribution < 1.29 is 18.7 Å². The summed E-state index contributed by atoms with van der Waals surface area (Å²) in [5.74, 6) is -4.00. The largest absolute Gasteiger partial charge is 0.481 e. The van der Waals surface area contributed by atoms with Gasteiger partial charge in [0, 0.05) is 12.5 Å². The molecule has 0 aliphatic heterocycles. The molecule has 0 bridgehead atoms. The molecular formula is C15H18F2O2. The van der Waals surface area contributed by atoms with E-state index in [4.69, 9.17) is 0 Å². The molecule has 1 aromatic rings. The monoisotopic (exact) mass is 268 g/mol. The fourth-order valence-electron chi connectivity index (χ4n) is 3.01. The Balaban J connectivity index is 2.66. The van der Waals surface area contributed by atoms with Gasteiger partial charge >= 0.3 is 5.97 Å². The number of carboxylic acid groups (broad SMARTS) is 1. The number of hydrogen-bond donors (Lipinski definition) is 1. The highest BCUT2D eigenvalue weighted by Gasteiger charge is 2.46. The maximum absolute atomic E-state index is 13.7.